The zero-order chi connectivity index (χ0) is 38.0. The molecule has 6 aromatic rings. The van der Waals surface area contributed by atoms with Crippen LogP contribution in [0, 0.1) is 0 Å². The summed E-state index contributed by atoms with van der Waals surface area (Å²) in [4.78, 5) is 30.2. The molecule has 0 saturated heterocycles. The molecule has 15 nitrogen and oxygen atoms in total. The van der Waals surface area contributed by atoms with Crippen LogP contribution in [0.1, 0.15) is 45.4 Å². The van der Waals surface area contributed by atoms with E-state index in [0.29, 0.717) is 46.7 Å². The number of tetrazole rings is 2. The monoisotopic (exact) mass is 742 g/mol. The average molecular weight is 743 g/mol. The molecule has 0 unspecified atom stereocenters. The fourth-order valence-electron chi connectivity index (χ4n) is 4.59. The van der Waals surface area contributed by atoms with E-state index in [9.17, 15) is 31.1 Å². The number of rotatable bonds is 11. The maximum Gasteiger partial charge on any atom is 0.416 e. The largest absolute Gasteiger partial charge is 0.416 e. The first-order chi connectivity index (χ1) is 25.4. The molecule has 21 heteroatoms. The van der Waals surface area contributed by atoms with E-state index in [2.05, 4.69) is 50.8 Å². The third-order valence-corrected chi connectivity index (χ3v) is 7.20. The van der Waals surface area contributed by atoms with E-state index >= 15 is 0 Å². The number of benzene rings is 2. The van der Waals surface area contributed by atoms with Gasteiger partial charge in [0, 0.05) is 31.8 Å². The van der Waals surface area contributed by atoms with Gasteiger partial charge in [-0.2, -0.15) is 31.1 Å². The Morgan fingerprint density at radius 1 is 0.736 bits per heavy atom. The molecule has 1 N–H and O–H groups in total. The Balaban J connectivity index is 0.000000206. The van der Waals surface area contributed by atoms with E-state index in [1.165, 1.54) is 54.1 Å². The Kier molecular flexibility index (Phi) is 12.2. The summed E-state index contributed by atoms with van der Waals surface area (Å²) in [5.74, 6) is -0.0648. The third kappa shape index (κ3) is 10.3. The lowest BCUT2D eigenvalue weighted by Gasteiger charge is -2.08. The van der Waals surface area contributed by atoms with Gasteiger partial charge in [0.05, 0.1) is 46.8 Å². The molecule has 0 aliphatic rings. The van der Waals surface area contributed by atoms with Gasteiger partial charge in [-0.05, 0) is 52.7 Å². The third-order valence-electron chi connectivity index (χ3n) is 7.20. The second kappa shape index (κ2) is 17.0. The second-order valence-electron chi connectivity index (χ2n) is 10.9. The van der Waals surface area contributed by atoms with Gasteiger partial charge in [0.2, 0.25) is 11.6 Å². The summed E-state index contributed by atoms with van der Waals surface area (Å²) >= 11 is 0. The first kappa shape index (κ1) is 38.1. The summed E-state index contributed by atoms with van der Waals surface area (Å²) in [7, 11) is 0. The number of carbonyl (C=O) groups excluding carboxylic acids is 1. The van der Waals surface area contributed by atoms with Crippen LogP contribution in [-0.2, 0) is 36.5 Å². The zero-order valence-corrected chi connectivity index (χ0v) is 27.6. The van der Waals surface area contributed by atoms with E-state index in [1.807, 2.05) is 0 Å². The molecule has 2 aromatic carbocycles. The highest BCUT2D eigenvalue weighted by Gasteiger charge is 2.31. The Bertz CT molecular complexity index is 2100. The van der Waals surface area contributed by atoms with Crippen molar-refractivity contribution in [2.75, 3.05) is 19.8 Å². The first-order valence-electron chi connectivity index (χ1n) is 15.6. The molecule has 0 aliphatic heterocycles. The van der Waals surface area contributed by atoms with Crippen molar-refractivity contribution in [2.24, 2.45) is 0 Å². The maximum absolute atomic E-state index is 12.7. The number of halogens is 6. The molecular weight excluding hydrogens is 714 g/mol. The topological polar surface area (TPSA) is 185 Å². The Labute approximate surface area is 295 Å². The number of aliphatic hydroxyl groups excluding tert-OH is 1. The van der Waals surface area contributed by atoms with Crippen LogP contribution in [0.4, 0.5) is 26.3 Å². The van der Waals surface area contributed by atoms with Gasteiger partial charge in [0.25, 0.3) is 5.91 Å². The molecule has 6 rings (SSSR count). The van der Waals surface area contributed by atoms with Crippen molar-refractivity contribution in [3.63, 3.8) is 0 Å². The van der Waals surface area contributed by atoms with Crippen LogP contribution in [0.25, 0.3) is 22.8 Å². The van der Waals surface area contributed by atoms with Crippen molar-refractivity contribution in [3.8, 4) is 22.8 Å². The molecule has 53 heavy (non-hydrogen) atoms. The normalized spacial score (nSPS) is 11.6. The number of alkyl halides is 6. The molecule has 276 valence electrons. The van der Waals surface area contributed by atoms with Crippen LogP contribution in [0.3, 0.4) is 0 Å². The lowest BCUT2D eigenvalue weighted by molar-refractivity contribution is -0.138. The standard InChI is InChI=1S/C17H15F3N6O2.C15H13F3N6O/c1-2-28-9-15(27)26-24-16(23-25-26)13-8-21-10-22-14(13)7-11-3-5-12(6-4-11)17(18,19)20;16-15(17,18)11-3-1-10(2-4-11)7-13-12(8-19-9-20-13)14-21-23-24(22-14)5-6-25/h3-6,8,10H,2,7,9H2,1H3;1-4,8-9,25H,5-7H2. The minimum atomic E-state index is -4.39. The van der Waals surface area contributed by atoms with Crippen molar-refractivity contribution < 1.29 is 41.0 Å². The molecule has 0 amide bonds. The molecule has 0 fully saturated rings. The van der Waals surface area contributed by atoms with Gasteiger partial charge in [-0.3, -0.25) is 4.79 Å². The van der Waals surface area contributed by atoms with E-state index in [0.717, 1.165) is 29.1 Å². The van der Waals surface area contributed by atoms with E-state index in [-0.39, 0.29) is 37.8 Å². The summed E-state index contributed by atoms with van der Waals surface area (Å²) in [6.45, 7) is 2.02. The van der Waals surface area contributed by atoms with Gasteiger partial charge < -0.3 is 9.84 Å². The van der Waals surface area contributed by atoms with Gasteiger partial charge in [-0.15, -0.1) is 20.4 Å². The number of nitrogens with zero attached hydrogens (tertiary/aromatic N) is 12. The highest BCUT2D eigenvalue weighted by atomic mass is 19.4. The van der Waals surface area contributed by atoms with Gasteiger partial charge in [-0.25, -0.2) is 19.9 Å². The van der Waals surface area contributed by atoms with Crippen LogP contribution in [-0.4, -0.2) is 91.2 Å². The van der Waals surface area contributed by atoms with Crippen molar-refractivity contribution in [3.05, 3.63) is 107 Å². The smallest absolute Gasteiger partial charge is 0.394 e. The Morgan fingerprint density at radius 3 is 1.70 bits per heavy atom. The predicted octanol–water partition coefficient (Wildman–Crippen LogP) is 4.15. The molecule has 0 aliphatic carbocycles. The van der Waals surface area contributed by atoms with Gasteiger partial charge in [0.15, 0.2) is 0 Å². The highest BCUT2D eigenvalue weighted by Crippen LogP contribution is 2.31. The van der Waals surface area contributed by atoms with Crippen molar-refractivity contribution in [1.82, 2.24) is 60.4 Å². The summed E-state index contributed by atoms with van der Waals surface area (Å²) in [5.41, 5.74) is 1.88. The van der Waals surface area contributed by atoms with E-state index in [1.54, 1.807) is 6.92 Å². The van der Waals surface area contributed by atoms with Crippen molar-refractivity contribution in [1.29, 1.82) is 0 Å². The van der Waals surface area contributed by atoms with Gasteiger partial charge >= 0.3 is 12.4 Å². The molecule has 0 radical (unpaired) electrons. The molecule has 0 saturated carbocycles. The summed E-state index contributed by atoms with van der Waals surface area (Å²) in [6.07, 6.45) is -2.59. The first-order valence-corrected chi connectivity index (χ1v) is 15.6. The van der Waals surface area contributed by atoms with Crippen molar-refractivity contribution in [2.45, 2.75) is 38.7 Å². The Hall–Kier alpha value is -6.09. The lowest BCUT2D eigenvalue weighted by Crippen LogP contribution is -2.20. The fourth-order valence-corrected chi connectivity index (χ4v) is 4.59. The highest BCUT2D eigenvalue weighted by molar-refractivity contribution is 5.78. The van der Waals surface area contributed by atoms with E-state index < -0.39 is 29.4 Å². The predicted molar refractivity (Wildman–Crippen MR) is 170 cm³/mol. The summed E-state index contributed by atoms with van der Waals surface area (Å²) in [6, 6.07) is 9.66. The van der Waals surface area contributed by atoms with Gasteiger partial charge in [-0.1, -0.05) is 29.1 Å². The van der Waals surface area contributed by atoms with Crippen LogP contribution in [0.5, 0.6) is 0 Å². The second-order valence-corrected chi connectivity index (χ2v) is 10.9. The minimum absolute atomic E-state index is 0.125. The molecule has 0 bridgehead atoms. The fraction of sp³-hybridized carbons (Fsp3) is 0.281. The molecule has 0 atom stereocenters. The zero-order valence-electron chi connectivity index (χ0n) is 27.6. The number of aromatic nitrogens is 12. The number of hydrogen-bond acceptors (Lipinski definition) is 13. The Morgan fingerprint density at radius 2 is 1.23 bits per heavy atom. The van der Waals surface area contributed by atoms with E-state index in [4.69, 9.17) is 9.84 Å². The van der Waals surface area contributed by atoms with Crippen molar-refractivity contribution >= 4 is 5.91 Å². The molecule has 4 aromatic heterocycles. The maximum atomic E-state index is 12.7. The molecule has 0 spiro atoms. The van der Waals surface area contributed by atoms with Crippen LogP contribution in [0.15, 0.2) is 73.6 Å². The summed E-state index contributed by atoms with van der Waals surface area (Å²) in [5, 5.41) is 32.3. The number of aliphatic hydroxyl groups is 1. The average Bonchev–Trinajstić information content (AvgIpc) is 3.82. The van der Waals surface area contributed by atoms with Gasteiger partial charge in [0.1, 0.15) is 19.3 Å². The van der Waals surface area contributed by atoms with Crippen LogP contribution in [0.2, 0.25) is 0 Å². The number of carbonyl (C=O) groups is 1. The van der Waals surface area contributed by atoms with Crippen LogP contribution >= 0.6 is 0 Å². The van der Waals surface area contributed by atoms with Crippen LogP contribution < -0.4 is 0 Å². The molecule has 4 heterocycles. The molecular formula is C32H28F6N12O3. The number of hydrogen-bond donors (Lipinski definition) is 1. The summed E-state index contributed by atoms with van der Waals surface area (Å²) < 4.78 is 81.0. The number of ether oxygens (including phenoxy) is 1. The quantitative estimate of drug-likeness (QED) is 0.187. The SMILES string of the molecule is CCOCC(=O)n1nnc(-c2cncnc2Cc2ccc(C(F)(F)F)cc2)n1.OCCn1nnc(-c2cncnc2Cc2ccc(C(F)(F)F)cc2)n1. The minimum Gasteiger partial charge on any atom is -0.394 e. The lowest BCUT2D eigenvalue weighted by atomic mass is 10.0.